The summed E-state index contributed by atoms with van der Waals surface area (Å²) in [6.45, 7) is 2.74. The molecule has 2 rings (SSSR count). The third kappa shape index (κ3) is 5.38. The van der Waals surface area contributed by atoms with Crippen molar-refractivity contribution in [3.63, 3.8) is 0 Å². The predicted molar refractivity (Wildman–Crippen MR) is 103 cm³/mol. The van der Waals surface area contributed by atoms with Crippen LogP contribution in [0.2, 0.25) is 5.02 Å². The molecule has 1 amide bonds. The minimum absolute atomic E-state index is 0.133. The molecule has 0 aromatic heterocycles. The fraction of sp³-hybridized carbons (Fsp3) is 0.167. The molecule has 0 radical (unpaired) electrons. The van der Waals surface area contributed by atoms with Crippen LogP contribution in [0.1, 0.15) is 34.6 Å². The van der Waals surface area contributed by atoms with Gasteiger partial charge in [-0.15, -0.1) is 0 Å². The van der Waals surface area contributed by atoms with Gasteiger partial charge in [-0.2, -0.15) is 0 Å². The summed E-state index contributed by atoms with van der Waals surface area (Å²) in [4.78, 5) is 35.4. The second-order valence-electron chi connectivity index (χ2n) is 5.86. The van der Waals surface area contributed by atoms with Gasteiger partial charge in [0.15, 0.2) is 11.9 Å². The molecule has 3 N–H and O–H groups in total. The van der Waals surface area contributed by atoms with Crippen LogP contribution in [0.15, 0.2) is 47.4 Å². The Morgan fingerprint density at radius 2 is 1.79 bits per heavy atom. The highest BCUT2D eigenvalue weighted by atomic mass is 35.5. The molecule has 0 heterocycles. The van der Waals surface area contributed by atoms with Crippen molar-refractivity contribution in [2.75, 3.05) is 5.32 Å². The first-order chi connectivity index (χ1) is 13.0. The molecule has 0 aliphatic carbocycles. The molecule has 10 heteroatoms. The largest absolute Gasteiger partial charge is 0.449 e. The molecule has 1 unspecified atom stereocenters. The first-order valence-corrected chi connectivity index (χ1v) is 9.86. The number of amides is 1. The van der Waals surface area contributed by atoms with Crippen molar-refractivity contribution in [3.8, 4) is 0 Å². The van der Waals surface area contributed by atoms with Crippen LogP contribution < -0.4 is 10.5 Å². The number of nitrogens with two attached hydrogens (primary N) is 1. The zero-order valence-electron chi connectivity index (χ0n) is 14.9. The Hall–Kier alpha value is -2.75. The Labute approximate surface area is 166 Å². The standard InChI is InChI=1S/C18H17ClN2O6S/c1-10(22)12-4-3-5-14(8-12)21-17(23)11(2)27-18(24)13-6-7-15(19)16(9-13)28(20,25)26/h3-9,11H,1-2H3,(H,21,23)(H2,20,25,26). The van der Waals surface area contributed by atoms with E-state index in [4.69, 9.17) is 21.5 Å². The number of sulfonamides is 1. The van der Waals surface area contributed by atoms with Gasteiger partial charge in [-0.3, -0.25) is 9.59 Å². The van der Waals surface area contributed by atoms with Crippen LogP contribution in [0.25, 0.3) is 0 Å². The van der Waals surface area contributed by atoms with E-state index < -0.39 is 32.9 Å². The Morgan fingerprint density at radius 1 is 1.11 bits per heavy atom. The van der Waals surface area contributed by atoms with Gasteiger partial charge >= 0.3 is 5.97 Å². The maximum Gasteiger partial charge on any atom is 0.338 e. The lowest BCUT2D eigenvalue weighted by Crippen LogP contribution is -2.30. The maximum atomic E-state index is 12.2. The van der Waals surface area contributed by atoms with Gasteiger partial charge in [-0.05, 0) is 44.2 Å². The third-order valence-corrected chi connectivity index (χ3v) is 5.06. The van der Waals surface area contributed by atoms with Crippen molar-refractivity contribution in [1.82, 2.24) is 0 Å². The van der Waals surface area contributed by atoms with E-state index in [0.29, 0.717) is 11.3 Å². The van der Waals surface area contributed by atoms with Gasteiger partial charge < -0.3 is 10.1 Å². The van der Waals surface area contributed by atoms with E-state index in [0.717, 1.165) is 6.07 Å². The van der Waals surface area contributed by atoms with Gasteiger partial charge in [-0.25, -0.2) is 18.4 Å². The average Bonchev–Trinajstić information content (AvgIpc) is 2.61. The number of ketones is 1. The molecule has 1 atom stereocenters. The summed E-state index contributed by atoms with van der Waals surface area (Å²) in [6.07, 6.45) is -1.19. The van der Waals surface area contributed by atoms with Crippen LogP contribution in [-0.4, -0.2) is 32.2 Å². The zero-order valence-corrected chi connectivity index (χ0v) is 16.5. The molecule has 0 spiro atoms. The highest BCUT2D eigenvalue weighted by molar-refractivity contribution is 7.89. The van der Waals surface area contributed by atoms with Gasteiger partial charge in [-0.1, -0.05) is 23.7 Å². The summed E-state index contributed by atoms with van der Waals surface area (Å²) in [7, 11) is -4.13. The number of rotatable bonds is 6. The minimum atomic E-state index is -4.13. The summed E-state index contributed by atoms with van der Waals surface area (Å²) in [5.74, 6) is -1.72. The number of hydrogen-bond acceptors (Lipinski definition) is 6. The molecule has 0 saturated heterocycles. The molecule has 0 saturated carbocycles. The van der Waals surface area contributed by atoms with E-state index in [9.17, 15) is 22.8 Å². The number of Topliss-reactive ketones (excluding diaryl/α,β-unsaturated/α-hetero) is 1. The zero-order chi connectivity index (χ0) is 21.1. The number of anilines is 1. The highest BCUT2D eigenvalue weighted by Crippen LogP contribution is 2.22. The lowest BCUT2D eigenvalue weighted by molar-refractivity contribution is -0.123. The van der Waals surface area contributed by atoms with Crippen molar-refractivity contribution in [2.24, 2.45) is 5.14 Å². The number of carbonyl (C=O) groups is 3. The number of ether oxygens (including phenoxy) is 1. The van der Waals surface area contributed by atoms with Gasteiger partial charge in [0.1, 0.15) is 4.90 Å². The van der Waals surface area contributed by atoms with Crippen LogP contribution in [0.5, 0.6) is 0 Å². The van der Waals surface area contributed by atoms with Gasteiger partial charge in [0, 0.05) is 11.3 Å². The van der Waals surface area contributed by atoms with Crippen LogP contribution in [0.4, 0.5) is 5.69 Å². The topological polar surface area (TPSA) is 133 Å². The molecule has 0 aliphatic rings. The first kappa shape index (κ1) is 21.5. The summed E-state index contributed by atoms with van der Waals surface area (Å²) < 4.78 is 28.0. The van der Waals surface area contributed by atoms with Crippen molar-refractivity contribution in [1.29, 1.82) is 0 Å². The fourth-order valence-corrected chi connectivity index (χ4v) is 3.26. The average molecular weight is 425 g/mol. The number of nitrogens with one attached hydrogen (secondary N) is 1. The summed E-state index contributed by atoms with van der Waals surface area (Å²) >= 11 is 5.77. The highest BCUT2D eigenvalue weighted by Gasteiger charge is 2.22. The quantitative estimate of drug-likeness (QED) is 0.540. The van der Waals surface area contributed by atoms with E-state index in [1.54, 1.807) is 18.2 Å². The van der Waals surface area contributed by atoms with Gasteiger partial charge in [0.05, 0.1) is 10.6 Å². The van der Waals surface area contributed by atoms with E-state index >= 15 is 0 Å². The second-order valence-corrected chi connectivity index (χ2v) is 7.80. The van der Waals surface area contributed by atoms with Crippen LogP contribution in [0, 0.1) is 0 Å². The Morgan fingerprint density at radius 3 is 2.39 bits per heavy atom. The van der Waals surface area contributed by atoms with Gasteiger partial charge in [0.2, 0.25) is 10.0 Å². The number of primary sulfonamides is 1. The third-order valence-electron chi connectivity index (χ3n) is 3.66. The predicted octanol–water partition coefficient (Wildman–Crippen LogP) is 2.37. The normalized spacial score (nSPS) is 12.1. The Kier molecular flexibility index (Phi) is 6.55. The molecule has 8 nitrogen and oxygen atoms in total. The van der Waals surface area contributed by atoms with Crippen molar-refractivity contribution in [3.05, 3.63) is 58.6 Å². The molecular formula is C18H17ClN2O6S. The van der Waals surface area contributed by atoms with E-state index in [1.165, 1.54) is 32.0 Å². The number of benzene rings is 2. The Balaban J connectivity index is 2.11. The number of hydrogen-bond donors (Lipinski definition) is 2. The molecule has 0 bridgehead atoms. The SMILES string of the molecule is CC(=O)c1cccc(NC(=O)C(C)OC(=O)c2ccc(Cl)c(S(N)(=O)=O)c2)c1. The Bertz CT molecular complexity index is 1050. The summed E-state index contributed by atoms with van der Waals surface area (Å²) in [5.41, 5.74) is 0.648. The van der Waals surface area contributed by atoms with E-state index in [1.807, 2.05) is 0 Å². The molecule has 148 valence electrons. The summed E-state index contributed by atoms with van der Waals surface area (Å²) in [6, 6.07) is 9.69. The molecule has 0 fully saturated rings. The fourth-order valence-electron chi connectivity index (χ4n) is 2.19. The lowest BCUT2D eigenvalue weighted by Gasteiger charge is -2.14. The number of halogens is 1. The molecule has 2 aromatic rings. The van der Waals surface area contributed by atoms with Crippen LogP contribution in [-0.2, 0) is 19.6 Å². The maximum absolute atomic E-state index is 12.2. The first-order valence-electron chi connectivity index (χ1n) is 7.94. The van der Waals surface area contributed by atoms with E-state index in [2.05, 4.69) is 5.32 Å². The van der Waals surface area contributed by atoms with Crippen LogP contribution >= 0.6 is 11.6 Å². The van der Waals surface area contributed by atoms with E-state index in [-0.39, 0.29) is 16.4 Å². The van der Waals surface area contributed by atoms with Crippen molar-refractivity contribution in [2.45, 2.75) is 24.8 Å². The smallest absolute Gasteiger partial charge is 0.338 e. The molecule has 2 aromatic carbocycles. The summed E-state index contributed by atoms with van der Waals surface area (Å²) in [5, 5.41) is 7.43. The lowest BCUT2D eigenvalue weighted by atomic mass is 10.1. The second kappa shape index (κ2) is 8.51. The molecular weight excluding hydrogens is 408 g/mol. The number of carbonyl (C=O) groups excluding carboxylic acids is 3. The monoisotopic (exact) mass is 424 g/mol. The molecule has 28 heavy (non-hydrogen) atoms. The van der Waals surface area contributed by atoms with Crippen molar-refractivity contribution >= 4 is 45.0 Å². The minimum Gasteiger partial charge on any atom is -0.449 e. The van der Waals surface area contributed by atoms with Gasteiger partial charge in [0.25, 0.3) is 5.91 Å². The molecule has 0 aliphatic heterocycles. The van der Waals surface area contributed by atoms with Crippen molar-refractivity contribution < 1.29 is 27.5 Å². The van der Waals surface area contributed by atoms with Crippen LogP contribution in [0.3, 0.4) is 0 Å². The number of esters is 1.